The molecule has 0 aliphatic heterocycles. The highest BCUT2D eigenvalue weighted by Crippen LogP contribution is 2.26. The Balaban J connectivity index is 1.83. The average molecular weight is 512 g/mol. The molecule has 2 heterocycles. The van der Waals surface area contributed by atoms with Gasteiger partial charge in [0.15, 0.2) is 0 Å². The van der Waals surface area contributed by atoms with Crippen molar-refractivity contribution in [2.75, 3.05) is 14.2 Å². The minimum absolute atomic E-state index is 0.114. The molecule has 0 aliphatic rings. The van der Waals surface area contributed by atoms with Crippen LogP contribution in [0.5, 0.6) is 11.5 Å². The van der Waals surface area contributed by atoms with Crippen LogP contribution in [0, 0.1) is 10.1 Å². The summed E-state index contributed by atoms with van der Waals surface area (Å²) < 4.78 is 14.2. The number of non-ortho nitro benzene ring substituents is 1. The van der Waals surface area contributed by atoms with E-state index in [0.29, 0.717) is 21.5 Å². The molecule has 0 bridgehead atoms. The number of ketones is 1. The van der Waals surface area contributed by atoms with E-state index in [9.17, 15) is 19.7 Å². The third-order valence-corrected chi connectivity index (χ3v) is 5.65. The zero-order chi connectivity index (χ0) is 23.7. The van der Waals surface area contributed by atoms with E-state index in [0.717, 1.165) is 5.56 Å². The summed E-state index contributed by atoms with van der Waals surface area (Å²) in [5, 5.41) is 10.9. The first-order valence-electron chi connectivity index (χ1n) is 9.73. The van der Waals surface area contributed by atoms with Crippen molar-refractivity contribution in [1.29, 1.82) is 0 Å². The monoisotopic (exact) mass is 511 g/mol. The van der Waals surface area contributed by atoms with Gasteiger partial charge in [0.25, 0.3) is 11.2 Å². The van der Waals surface area contributed by atoms with Gasteiger partial charge in [-0.25, -0.2) is 0 Å². The van der Waals surface area contributed by atoms with Crippen LogP contribution in [-0.4, -0.2) is 33.9 Å². The maximum Gasteiger partial charge on any atom is 0.275 e. The van der Waals surface area contributed by atoms with Gasteiger partial charge in [-0.1, -0.05) is 0 Å². The third-order valence-electron chi connectivity index (χ3n) is 5.21. The van der Waals surface area contributed by atoms with E-state index < -0.39 is 4.92 Å². The van der Waals surface area contributed by atoms with E-state index in [4.69, 9.17) is 9.47 Å². The summed E-state index contributed by atoms with van der Waals surface area (Å²) in [7, 11) is 3.07. The fraction of sp³-hybridized carbons (Fsp3) is 0.130. The van der Waals surface area contributed by atoms with Gasteiger partial charge >= 0.3 is 0 Å². The zero-order valence-electron chi connectivity index (χ0n) is 17.6. The Bertz CT molecular complexity index is 1440. The van der Waals surface area contributed by atoms with Gasteiger partial charge in [-0.2, -0.15) is 0 Å². The fourth-order valence-corrected chi connectivity index (χ4v) is 3.97. The molecule has 0 spiro atoms. The predicted octanol–water partition coefficient (Wildman–Crippen LogP) is 4.07. The van der Waals surface area contributed by atoms with E-state index in [-0.39, 0.29) is 34.8 Å². The maximum atomic E-state index is 13.3. The SMILES string of the molecule is COc1ccc(Cn2cc(C(=O)c3ccc([N+](=O)[O-])cc3)n3cc(Br)cc3c2=O)c(OC)c1. The van der Waals surface area contributed by atoms with Crippen LogP contribution in [0.2, 0.25) is 0 Å². The second kappa shape index (κ2) is 8.91. The van der Waals surface area contributed by atoms with E-state index >= 15 is 0 Å². The van der Waals surface area contributed by atoms with Gasteiger partial charge in [-0.05, 0) is 46.3 Å². The third kappa shape index (κ3) is 4.24. The van der Waals surface area contributed by atoms with Gasteiger partial charge in [-0.3, -0.25) is 19.7 Å². The van der Waals surface area contributed by atoms with Crippen LogP contribution in [0.1, 0.15) is 21.6 Å². The molecule has 168 valence electrons. The number of methoxy groups -OCH3 is 2. The minimum Gasteiger partial charge on any atom is -0.497 e. The van der Waals surface area contributed by atoms with E-state index in [1.807, 2.05) is 0 Å². The topological polar surface area (TPSA) is 105 Å². The fourth-order valence-electron chi connectivity index (χ4n) is 3.54. The second-order valence-corrected chi connectivity index (χ2v) is 8.09. The molecule has 9 nitrogen and oxygen atoms in total. The van der Waals surface area contributed by atoms with E-state index in [1.165, 1.54) is 46.5 Å². The standard InChI is InChI=1S/C23H18BrN3O6/c1-32-18-8-5-15(21(10-18)33-2)11-25-13-20(26-12-16(24)9-19(26)23(25)29)22(28)14-3-6-17(7-4-14)27(30)31/h3-10,12-13H,11H2,1-2H3. The Hall–Kier alpha value is -3.92. The summed E-state index contributed by atoms with van der Waals surface area (Å²) in [5.74, 6) is 0.775. The molecule has 0 unspecified atom stereocenters. The summed E-state index contributed by atoms with van der Waals surface area (Å²) in [6.45, 7) is 0.159. The number of benzene rings is 2. The molecule has 0 amide bonds. The lowest BCUT2D eigenvalue weighted by molar-refractivity contribution is -0.384. The molecule has 0 N–H and O–H groups in total. The van der Waals surface area contributed by atoms with Crippen LogP contribution < -0.4 is 15.0 Å². The highest BCUT2D eigenvalue weighted by Gasteiger charge is 2.19. The minimum atomic E-state index is -0.530. The molecule has 0 aliphatic carbocycles. The molecule has 4 rings (SSSR count). The smallest absolute Gasteiger partial charge is 0.275 e. The summed E-state index contributed by atoms with van der Waals surface area (Å²) in [6.07, 6.45) is 3.11. The highest BCUT2D eigenvalue weighted by molar-refractivity contribution is 9.10. The van der Waals surface area contributed by atoms with Crippen molar-refractivity contribution >= 4 is 32.9 Å². The second-order valence-electron chi connectivity index (χ2n) is 7.17. The molecular formula is C23H18BrN3O6. The van der Waals surface area contributed by atoms with Crippen molar-refractivity contribution < 1.29 is 19.2 Å². The van der Waals surface area contributed by atoms with Gasteiger partial charge in [0, 0.05) is 46.2 Å². The Kier molecular flexibility index (Phi) is 6.01. The molecule has 0 atom stereocenters. The molecule has 0 radical (unpaired) electrons. The number of nitro benzene ring substituents is 1. The number of halogens is 1. The number of rotatable bonds is 7. The molecular weight excluding hydrogens is 494 g/mol. The zero-order valence-corrected chi connectivity index (χ0v) is 19.2. The first-order valence-corrected chi connectivity index (χ1v) is 10.5. The summed E-state index contributed by atoms with van der Waals surface area (Å²) in [6, 6.07) is 12.2. The lowest BCUT2D eigenvalue weighted by Crippen LogP contribution is -2.25. The van der Waals surface area contributed by atoms with Crippen LogP contribution in [0.3, 0.4) is 0 Å². The van der Waals surface area contributed by atoms with E-state index in [1.54, 1.807) is 37.6 Å². The predicted molar refractivity (Wildman–Crippen MR) is 125 cm³/mol. The Morgan fingerprint density at radius 3 is 2.42 bits per heavy atom. The number of ether oxygens (including phenoxy) is 2. The van der Waals surface area contributed by atoms with Crippen molar-refractivity contribution in [2.45, 2.75) is 6.54 Å². The molecule has 2 aromatic heterocycles. The molecule has 0 saturated carbocycles. The Labute approximate surface area is 196 Å². The van der Waals surface area contributed by atoms with Crippen LogP contribution in [0.4, 0.5) is 5.69 Å². The van der Waals surface area contributed by atoms with Crippen molar-refractivity contribution in [2.24, 2.45) is 0 Å². The normalized spacial score (nSPS) is 10.9. The number of nitrogens with zero attached hydrogens (tertiary/aromatic N) is 3. The number of carbonyl (C=O) groups excluding carboxylic acids is 1. The van der Waals surface area contributed by atoms with Gasteiger partial charge in [0.2, 0.25) is 5.78 Å². The summed E-state index contributed by atoms with van der Waals surface area (Å²) in [4.78, 5) is 36.9. The average Bonchev–Trinajstić information content (AvgIpc) is 3.22. The van der Waals surface area contributed by atoms with Crippen molar-refractivity contribution in [1.82, 2.24) is 8.97 Å². The largest absolute Gasteiger partial charge is 0.497 e. The van der Waals surface area contributed by atoms with Crippen molar-refractivity contribution in [3.05, 3.63) is 103 Å². The number of hydrogen-bond donors (Lipinski definition) is 0. The molecule has 33 heavy (non-hydrogen) atoms. The molecule has 0 saturated heterocycles. The number of nitro groups is 1. The number of fused-ring (bicyclic) bond motifs is 1. The van der Waals surface area contributed by atoms with E-state index in [2.05, 4.69) is 15.9 Å². The van der Waals surface area contributed by atoms with Crippen LogP contribution in [0.25, 0.3) is 5.52 Å². The summed E-state index contributed by atoms with van der Waals surface area (Å²) >= 11 is 3.36. The maximum absolute atomic E-state index is 13.3. The Morgan fingerprint density at radius 1 is 1.06 bits per heavy atom. The van der Waals surface area contributed by atoms with Crippen molar-refractivity contribution in [3.8, 4) is 11.5 Å². The molecule has 4 aromatic rings. The number of hydrogen-bond acceptors (Lipinski definition) is 6. The summed E-state index contributed by atoms with van der Waals surface area (Å²) in [5.41, 5.74) is 1.12. The highest BCUT2D eigenvalue weighted by atomic mass is 79.9. The quantitative estimate of drug-likeness (QED) is 0.210. The lowest BCUT2D eigenvalue weighted by atomic mass is 10.1. The van der Waals surface area contributed by atoms with Gasteiger partial charge in [0.05, 0.1) is 25.7 Å². The molecule has 10 heteroatoms. The first-order chi connectivity index (χ1) is 15.8. The Morgan fingerprint density at radius 2 is 1.79 bits per heavy atom. The van der Waals surface area contributed by atoms with Gasteiger partial charge in [0.1, 0.15) is 22.7 Å². The van der Waals surface area contributed by atoms with Gasteiger partial charge in [-0.15, -0.1) is 0 Å². The number of carbonyl (C=O) groups is 1. The van der Waals surface area contributed by atoms with Crippen LogP contribution >= 0.6 is 15.9 Å². The number of aromatic nitrogens is 2. The molecule has 2 aromatic carbocycles. The molecule has 0 fully saturated rings. The van der Waals surface area contributed by atoms with Crippen LogP contribution in [-0.2, 0) is 6.54 Å². The van der Waals surface area contributed by atoms with Crippen LogP contribution in [0.15, 0.2) is 70.2 Å². The van der Waals surface area contributed by atoms with Crippen molar-refractivity contribution in [3.63, 3.8) is 0 Å². The lowest BCUT2D eigenvalue weighted by Gasteiger charge is -2.14. The van der Waals surface area contributed by atoms with Gasteiger partial charge < -0.3 is 18.4 Å². The first kappa shape index (κ1) is 22.3.